The molecule has 0 radical (unpaired) electrons. The van der Waals surface area contributed by atoms with Gasteiger partial charge in [0.15, 0.2) is 0 Å². The quantitative estimate of drug-likeness (QED) is 0.426. The monoisotopic (exact) mass is 597 g/mol. The van der Waals surface area contributed by atoms with Gasteiger partial charge < -0.3 is 15.0 Å². The third-order valence-corrected chi connectivity index (χ3v) is 9.11. The number of alkyl halides is 2. The van der Waals surface area contributed by atoms with Crippen molar-refractivity contribution in [2.24, 2.45) is 16.3 Å². The van der Waals surface area contributed by atoms with Gasteiger partial charge in [0.25, 0.3) is 5.92 Å². The summed E-state index contributed by atoms with van der Waals surface area (Å²) in [6, 6.07) is 9.35. The van der Waals surface area contributed by atoms with E-state index in [-0.39, 0.29) is 34.4 Å². The summed E-state index contributed by atoms with van der Waals surface area (Å²) in [5, 5.41) is 2.70. The minimum Gasteiger partial charge on any atom is -0.453 e. The molecule has 2 aliphatic heterocycles. The summed E-state index contributed by atoms with van der Waals surface area (Å²) in [5.74, 6) is -3.34. The van der Waals surface area contributed by atoms with Crippen LogP contribution < -0.4 is 5.32 Å². The number of halogens is 3. The highest BCUT2D eigenvalue weighted by Gasteiger charge is 2.55. The van der Waals surface area contributed by atoms with Gasteiger partial charge in [0, 0.05) is 40.5 Å². The maximum Gasteiger partial charge on any atom is 0.407 e. The largest absolute Gasteiger partial charge is 0.453 e. The number of likely N-dealkylation sites (tertiary alicyclic amines) is 1. The Bertz CT molecular complexity index is 1450. The van der Waals surface area contributed by atoms with E-state index < -0.39 is 18.1 Å². The van der Waals surface area contributed by atoms with Crippen LogP contribution in [-0.4, -0.2) is 48.4 Å². The number of rotatable bonds is 5. The van der Waals surface area contributed by atoms with Crippen LogP contribution in [0.1, 0.15) is 56.2 Å². The predicted molar refractivity (Wildman–Crippen MR) is 149 cm³/mol. The Morgan fingerprint density at radius 3 is 2.49 bits per heavy atom. The Hall–Kier alpha value is -3.07. The van der Waals surface area contributed by atoms with E-state index in [0.29, 0.717) is 34.1 Å². The van der Waals surface area contributed by atoms with Crippen LogP contribution in [0.25, 0.3) is 16.7 Å². The number of fused-ring (bicyclic) bond motifs is 3. The lowest BCUT2D eigenvalue weighted by molar-refractivity contribution is -0.134. The number of nitrogens with one attached hydrogen (secondary N) is 1. The molecular weight excluding hydrogens is 568 g/mol. The van der Waals surface area contributed by atoms with Crippen LogP contribution in [-0.2, 0) is 15.5 Å². The second kappa shape index (κ2) is 9.25. The first kappa shape index (κ1) is 26.2. The van der Waals surface area contributed by atoms with Gasteiger partial charge in [-0.3, -0.25) is 9.79 Å². The number of amides is 2. The molecule has 1 N–H and O–H groups in total. The van der Waals surface area contributed by atoms with Crippen LogP contribution in [0.2, 0.25) is 0 Å². The predicted octanol–water partition coefficient (Wildman–Crippen LogP) is 6.52. The number of carbonyl (C=O) groups is 2. The van der Waals surface area contributed by atoms with Gasteiger partial charge in [0.1, 0.15) is 6.04 Å². The molecule has 2 fully saturated rings. The minimum atomic E-state index is -3.08. The fourth-order valence-corrected chi connectivity index (χ4v) is 6.59. The van der Waals surface area contributed by atoms with Crippen molar-refractivity contribution in [3.63, 3.8) is 0 Å². The number of hydrogen-bond donors (Lipinski definition) is 1. The number of aliphatic imine (C=N–C) groups is 1. The fourth-order valence-electron chi connectivity index (χ4n) is 6.23. The molecular formula is C30H30BrF2N3O3. The molecule has 1 saturated heterocycles. The number of ether oxygens (including phenoxy) is 1. The Kier molecular flexibility index (Phi) is 6.21. The summed E-state index contributed by atoms with van der Waals surface area (Å²) in [7, 11) is 1.28. The van der Waals surface area contributed by atoms with Gasteiger partial charge in [-0.05, 0) is 71.1 Å². The molecule has 2 aromatic rings. The summed E-state index contributed by atoms with van der Waals surface area (Å²) < 4.78 is 36.2. The van der Waals surface area contributed by atoms with Gasteiger partial charge in [-0.25, -0.2) is 4.79 Å². The maximum absolute atomic E-state index is 15.4. The van der Waals surface area contributed by atoms with Gasteiger partial charge in [-0.1, -0.05) is 48.0 Å². The standard InChI is InChI=1S/C30H30BrF2N3O3/c1-16(2)26(35-28(38)39-3)27(37)36-15-29(8-9-29)13-25(36)24-11-18(14-34-24)17-4-6-20-21-7-5-19(31)12-23(21)30(32,33)22(20)10-17/h4-7,10,12,14,16,25-26H,8-9,11,13,15H2,1-3H3,(H,35,38)/t25-,26+/m1/s1. The zero-order valence-electron chi connectivity index (χ0n) is 22.1. The van der Waals surface area contributed by atoms with Crippen LogP contribution >= 0.6 is 15.9 Å². The number of nitrogens with zero attached hydrogens (tertiary/aromatic N) is 2. The molecule has 9 heteroatoms. The van der Waals surface area contributed by atoms with E-state index in [4.69, 9.17) is 9.73 Å². The van der Waals surface area contributed by atoms with Crippen LogP contribution in [0, 0.1) is 11.3 Å². The normalized spacial score (nSPS) is 22.3. The van der Waals surface area contributed by atoms with Gasteiger partial charge in [-0.15, -0.1) is 0 Å². The third kappa shape index (κ3) is 4.39. The van der Waals surface area contributed by atoms with E-state index in [1.807, 2.05) is 24.8 Å². The summed E-state index contributed by atoms with van der Waals surface area (Å²) in [6.07, 6.45) is 4.56. The van der Waals surface area contributed by atoms with Crippen LogP contribution in [0.15, 0.2) is 52.1 Å². The Morgan fingerprint density at radius 2 is 1.82 bits per heavy atom. The van der Waals surface area contributed by atoms with Gasteiger partial charge in [0.05, 0.1) is 13.2 Å². The summed E-state index contributed by atoms with van der Waals surface area (Å²) >= 11 is 3.32. The van der Waals surface area contributed by atoms with Crippen molar-refractivity contribution in [3.8, 4) is 11.1 Å². The Balaban J connectivity index is 1.23. The average Bonchev–Trinajstić information content (AvgIpc) is 3.23. The highest BCUT2D eigenvalue weighted by Crippen LogP contribution is 2.56. The lowest BCUT2D eigenvalue weighted by atomic mass is 9.93. The Morgan fingerprint density at radius 1 is 1.13 bits per heavy atom. The Labute approximate surface area is 234 Å². The second-order valence-electron chi connectivity index (χ2n) is 11.5. The molecule has 2 heterocycles. The first-order valence-electron chi connectivity index (χ1n) is 13.3. The lowest BCUT2D eigenvalue weighted by Gasteiger charge is -2.31. The highest BCUT2D eigenvalue weighted by molar-refractivity contribution is 9.10. The molecule has 1 spiro atoms. The fraction of sp³-hybridized carbons (Fsp3) is 0.433. The van der Waals surface area contributed by atoms with E-state index in [0.717, 1.165) is 30.5 Å². The van der Waals surface area contributed by atoms with Crippen molar-refractivity contribution in [2.45, 2.75) is 57.5 Å². The number of hydrogen-bond acceptors (Lipinski definition) is 4. The molecule has 0 bridgehead atoms. The van der Waals surface area contributed by atoms with E-state index >= 15 is 8.78 Å². The van der Waals surface area contributed by atoms with Gasteiger partial charge >= 0.3 is 6.09 Å². The maximum atomic E-state index is 15.4. The smallest absolute Gasteiger partial charge is 0.407 e. The van der Waals surface area contributed by atoms with Crippen LogP contribution in [0.3, 0.4) is 0 Å². The van der Waals surface area contributed by atoms with Crippen molar-refractivity contribution >= 4 is 39.2 Å². The van der Waals surface area contributed by atoms with Crippen molar-refractivity contribution in [3.05, 3.63) is 63.8 Å². The molecule has 6 nitrogen and oxygen atoms in total. The first-order chi connectivity index (χ1) is 18.5. The summed E-state index contributed by atoms with van der Waals surface area (Å²) in [5.41, 5.74) is 3.66. The number of methoxy groups -OCH3 is 1. The van der Waals surface area contributed by atoms with E-state index in [2.05, 4.69) is 21.2 Å². The van der Waals surface area contributed by atoms with Crippen molar-refractivity contribution in [2.75, 3.05) is 13.7 Å². The average molecular weight is 598 g/mol. The molecule has 4 aliphatic rings. The van der Waals surface area contributed by atoms with E-state index in [1.165, 1.54) is 13.2 Å². The number of benzene rings is 2. The molecule has 2 amide bonds. The number of allylic oxidation sites excluding steroid dienone is 1. The zero-order valence-corrected chi connectivity index (χ0v) is 23.6. The molecule has 2 atom stereocenters. The summed E-state index contributed by atoms with van der Waals surface area (Å²) in [6.45, 7) is 4.42. The van der Waals surface area contributed by atoms with Gasteiger partial charge in [-0.2, -0.15) is 8.78 Å². The molecule has 204 valence electrons. The van der Waals surface area contributed by atoms with Crippen molar-refractivity contribution < 1.29 is 23.1 Å². The topological polar surface area (TPSA) is 71.0 Å². The molecule has 39 heavy (non-hydrogen) atoms. The highest BCUT2D eigenvalue weighted by atomic mass is 79.9. The first-order valence-corrected chi connectivity index (χ1v) is 14.1. The molecule has 2 aliphatic carbocycles. The molecule has 0 unspecified atom stereocenters. The zero-order chi connectivity index (χ0) is 27.7. The summed E-state index contributed by atoms with van der Waals surface area (Å²) in [4.78, 5) is 32.2. The van der Waals surface area contributed by atoms with Crippen molar-refractivity contribution in [1.82, 2.24) is 10.2 Å². The number of alkyl carbamates (subject to hydrolysis) is 1. The third-order valence-electron chi connectivity index (χ3n) is 8.62. The van der Waals surface area contributed by atoms with Crippen molar-refractivity contribution in [1.29, 1.82) is 0 Å². The second-order valence-corrected chi connectivity index (χ2v) is 12.4. The number of carbonyl (C=O) groups excluding carboxylic acids is 2. The van der Waals surface area contributed by atoms with Crippen LogP contribution in [0.5, 0.6) is 0 Å². The van der Waals surface area contributed by atoms with Crippen LogP contribution in [0.4, 0.5) is 13.6 Å². The lowest BCUT2D eigenvalue weighted by Crippen LogP contribution is -2.53. The molecule has 6 rings (SSSR count). The van der Waals surface area contributed by atoms with E-state index in [9.17, 15) is 9.59 Å². The molecule has 0 aromatic heterocycles. The molecule has 2 aromatic carbocycles. The van der Waals surface area contributed by atoms with E-state index in [1.54, 1.807) is 30.5 Å². The minimum absolute atomic E-state index is 0.00529. The van der Waals surface area contributed by atoms with Gasteiger partial charge in [0.2, 0.25) is 5.91 Å². The molecule has 1 saturated carbocycles. The SMILES string of the molecule is COC(=O)N[C@H](C(=O)N1CC2(CC2)C[C@@H]1C1=NC=C(c2ccc3c(c2)C(F)(F)c2cc(Br)ccc2-3)C1)C(C)C.